The molecule has 1 N–H and O–H groups in total. The number of nitrogens with one attached hydrogen (secondary N) is 1. The van der Waals surface area contributed by atoms with Crippen molar-refractivity contribution in [3.05, 3.63) is 28.8 Å². The highest BCUT2D eigenvalue weighted by Gasteiger charge is 2.34. The average Bonchev–Trinajstić information content (AvgIpc) is 2.81. The molecule has 2 rings (SSSR count). The van der Waals surface area contributed by atoms with Gasteiger partial charge < -0.3 is 10.2 Å². The van der Waals surface area contributed by atoms with Crippen molar-refractivity contribution < 1.29 is 9.59 Å². The lowest BCUT2D eigenvalue weighted by Crippen LogP contribution is -2.33. The first-order chi connectivity index (χ1) is 9.52. The second kappa shape index (κ2) is 6.27. The van der Waals surface area contributed by atoms with Crippen LogP contribution in [-0.2, 0) is 9.59 Å². The summed E-state index contributed by atoms with van der Waals surface area (Å²) in [7, 11) is 0. The van der Waals surface area contributed by atoms with Crippen LogP contribution in [0.3, 0.4) is 0 Å². The van der Waals surface area contributed by atoms with E-state index in [9.17, 15) is 9.59 Å². The molecule has 0 aromatic heterocycles. The van der Waals surface area contributed by atoms with Gasteiger partial charge in [-0.2, -0.15) is 0 Å². The van der Waals surface area contributed by atoms with Crippen molar-refractivity contribution in [2.24, 2.45) is 5.92 Å². The first-order valence-corrected chi connectivity index (χ1v) is 7.25. The molecule has 2 amide bonds. The Balaban J connectivity index is 2.09. The van der Waals surface area contributed by atoms with Crippen molar-refractivity contribution in [3.8, 4) is 0 Å². The number of hydrogen-bond acceptors (Lipinski definition) is 2. The van der Waals surface area contributed by atoms with Crippen LogP contribution in [0.5, 0.6) is 0 Å². The Morgan fingerprint density at radius 3 is 2.90 bits per heavy atom. The van der Waals surface area contributed by atoms with Crippen LogP contribution < -0.4 is 10.2 Å². The third-order valence-corrected chi connectivity index (χ3v) is 3.92. The Hall–Kier alpha value is -1.55. The van der Waals surface area contributed by atoms with Gasteiger partial charge in [-0.3, -0.25) is 9.59 Å². The van der Waals surface area contributed by atoms with E-state index in [0.29, 0.717) is 18.1 Å². The summed E-state index contributed by atoms with van der Waals surface area (Å²) in [4.78, 5) is 25.6. The number of aryl methyl sites for hydroxylation is 1. The highest BCUT2D eigenvalue weighted by molar-refractivity contribution is 6.31. The molecule has 1 heterocycles. The molecule has 0 radical (unpaired) electrons. The van der Waals surface area contributed by atoms with Crippen LogP contribution in [0.2, 0.25) is 5.02 Å². The van der Waals surface area contributed by atoms with Gasteiger partial charge in [0, 0.05) is 30.2 Å². The maximum Gasteiger partial charge on any atom is 0.227 e. The van der Waals surface area contributed by atoms with Crippen LogP contribution in [0.25, 0.3) is 0 Å². The number of rotatable bonds is 4. The molecule has 1 aliphatic heterocycles. The molecule has 20 heavy (non-hydrogen) atoms. The fraction of sp³-hybridized carbons (Fsp3) is 0.467. The van der Waals surface area contributed by atoms with Gasteiger partial charge in [-0.15, -0.1) is 0 Å². The van der Waals surface area contributed by atoms with Gasteiger partial charge in [-0.25, -0.2) is 0 Å². The monoisotopic (exact) mass is 294 g/mol. The number of anilines is 1. The lowest BCUT2D eigenvalue weighted by Gasteiger charge is -2.17. The molecule has 0 spiro atoms. The first-order valence-electron chi connectivity index (χ1n) is 6.87. The van der Waals surface area contributed by atoms with Gasteiger partial charge in [0.05, 0.1) is 5.92 Å². The lowest BCUT2D eigenvalue weighted by atomic mass is 10.1. The second-order valence-electron chi connectivity index (χ2n) is 5.13. The third kappa shape index (κ3) is 3.12. The molecule has 1 aliphatic rings. The van der Waals surface area contributed by atoms with Crippen molar-refractivity contribution in [2.75, 3.05) is 18.0 Å². The van der Waals surface area contributed by atoms with Gasteiger partial charge in [0.2, 0.25) is 11.8 Å². The Labute approximate surface area is 124 Å². The highest BCUT2D eigenvalue weighted by Crippen LogP contribution is 2.28. The van der Waals surface area contributed by atoms with E-state index in [4.69, 9.17) is 11.6 Å². The van der Waals surface area contributed by atoms with E-state index in [1.54, 1.807) is 11.0 Å². The quantitative estimate of drug-likeness (QED) is 0.928. The number of carbonyl (C=O) groups is 2. The number of benzene rings is 1. The van der Waals surface area contributed by atoms with Gasteiger partial charge in [0.1, 0.15) is 0 Å². The zero-order chi connectivity index (χ0) is 14.7. The summed E-state index contributed by atoms with van der Waals surface area (Å²) in [5.41, 5.74) is 1.73. The van der Waals surface area contributed by atoms with E-state index in [2.05, 4.69) is 5.32 Å². The standard InChI is InChI=1S/C15H19ClN2O2/c1-3-6-17-15(20)11-7-14(19)18(9-11)12-5-4-10(2)13(16)8-12/h4-5,8,11H,3,6-7,9H2,1-2H3,(H,17,20)/t11-/m1/s1. The number of halogens is 1. The Morgan fingerprint density at radius 2 is 2.25 bits per heavy atom. The van der Waals surface area contributed by atoms with Gasteiger partial charge >= 0.3 is 0 Å². The zero-order valence-corrected chi connectivity index (χ0v) is 12.5. The molecular weight excluding hydrogens is 276 g/mol. The SMILES string of the molecule is CCCNC(=O)[C@@H]1CC(=O)N(c2ccc(C)c(Cl)c2)C1. The van der Waals surface area contributed by atoms with Gasteiger partial charge in [0.25, 0.3) is 0 Å². The summed E-state index contributed by atoms with van der Waals surface area (Å²) in [6.07, 6.45) is 1.16. The predicted octanol–water partition coefficient (Wildman–Crippen LogP) is 2.53. The minimum absolute atomic E-state index is 0.0263. The summed E-state index contributed by atoms with van der Waals surface area (Å²) in [6, 6.07) is 5.53. The Morgan fingerprint density at radius 1 is 1.50 bits per heavy atom. The minimum atomic E-state index is -0.269. The van der Waals surface area contributed by atoms with E-state index in [-0.39, 0.29) is 24.2 Å². The van der Waals surface area contributed by atoms with E-state index in [1.807, 2.05) is 26.0 Å². The second-order valence-corrected chi connectivity index (χ2v) is 5.54. The van der Waals surface area contributed by atoms with Crippen molar-refractivity contribution in [2.45, 2.75) is 26.7 Å². The molecule has 5 heteroatoms. The van der Waals surface area contributed by atoms with Crippen LogP contribution >= 0.6 is 11.6 Å². The molecule has 0 aliphatic carbocycles. The maximum absolute atomic E-state index is 12.1. The summed E-state index contributed by atoms with van der Waals surface area (Å²) in [5.74, 6) is -0.336. The molecule has 1 aromatic carbocycles. The first kappa shape index (κ1) is 14.9. The van der Waals surface area contributed by atoms with Crippen LogP contribution in [0.4, 0.5) is 5.69 Å². The van der Waals surface area contributed by atoms with Gasteiger partial charge in [-0.05, 0) is 31.0 Å². The molecule has 1 aromatic rings. The van der Waals surface area contributed by atoms with Crippen LogP contribution in [-0.4, -0.2) is 24.9 Å². The topological polar surface area (TPSA) is 49.4 Å². The summed E-state index contributed by atoms with van der Waals surface area (Å²) < 4.78 is 0. The zero-order valence-electron chi connectivity index (χ0n) is 11.8. The molecule has 108 valence electrons. The molecule has 0 saturated carbocycles. The summed E-state index contributed by atoms with van der Waals surface area (Å²) in [5, 5.41) is 3.48. The van der Waals surface area contributed by atoms with Crippen LogP contribution in [0.15, 0.2) is 18.2 Å². The minimum Gasteiger partial charge on any atom is -0.356 e. The van der Waals surface area contributed by atoms with Crippen molar-refractivity contribution in [1.29, 1.82) is 0 Å². The van der Waals surface area contributed by atoms with E-state index in [0.717, 1.165) is 17.7 Å². The normalized spacial score (nSPS) is 18.4. The lowest BCUT2D eigenvalue weighted by molar-refractivity contribution is -0.126. The summed E-state index contributed by atoms with van der Waals surface area (Å²) in [6.45, 7) is 4.99. The predicted molar refractivity (Wildman–Crippen MR) is 79.9 cm³/mol. The highest BCUT2D eigenvalue weighted by atomic mass is 35.5. The molecule has 1 saturated heterocycles. The van der Waals surface area contributed by atoms with Crippen LogP contribution in [0, 0.1) is 12.8 Å². The molecule has 0 bridgehead atoms. The molecule has 1 fully saturated rings. The smallest absolute Gasteiger partial charge is 0.227 e. The van der Waals surface area contributed by atoms with Gasteiger partial charge in [-0.1, -0.05) is 24.6 Å². The van der Waals surface area contributed by atoms with E-state index in [1.165, 1.54) is 0 Å². The van der Waals surface area contributed by atoms with E-state index < -0.39 is 0 Å². The maximum atomic E-state index is 12.1. The van der Waals surface area contributed by atoms with Gasteiger partial charge in [0.15, 0.2) is 0 Å². The number of carbonyl (C=O) groups excluding carboxylic acids is 2. The number of amides is 2. The largest absolute Gasteiger partial charge is 0.356 e. The molecular formula is C15H19ClN2O2. The molecule has 4 nitrogen and oxygen atoms in total. The Kier molecular flexibility index (Phi) is 4.65. The van der Waals surface area contributed by atoms with E-state index >= 15 is 0 Å². The number of nitrogens with zero attached hydrogens (tertiary/aromatic N) is 1. The molecule has 0 unspecified atom stereocenters. The van der Waals surface area contributed by atoms with Crippen molar-refractivity contribution >= 4 is 29.1 Å². The third-order valence-electron chi connectivity index (χ3n) is 3.51. The fourth-order valence-electron chi connectivity index (χ4n) is 2.27. The Bertz CT molecular complexity index is 531. The fourth-order valence-corrected chi connectivity index (χ4v) is 2.45. The summed E-state index contributed by atoms with van der Waals surface area (Å²) >= 11 is 6.09. The average molecular weight is 295 g/mol. The van der Waals surface area contributed by atoms with Crippen molar-refractivity contribution in [1.82, 2.24) is 5.32 Å². The molecule has 1 atom stereocenters. The number of hydrogen-bond donors (Lipinski definition) is 1. The van der Waals surface area contributed by atoms with Crippen molar-refractivity contribution in [3.63, 3.8) is 0 Å². The van der Waals surface area contributed by atoms with Crippen LogP contribution in [0.1, 0.15) is 25.3 Å².